The maximum absolute atomic E-state index is 5.00. The number of unbranched alkanes of at least 4 members (excludes halogenated alkanes) is 7. The number of nitrogens with one attached hydrogen (secondary N) is 2. The molecule has 0 aromatic carbocycles. The fourth-order valence-corrected chi connectivity index (χ4v) is 2.17. The minimum atomic E-state index is 0.557. The molecule has 0 aromatic heterocycles. The molecule has 0 spiro atoms. The minimum Gasteiger partial charge on any atom is -0.383 e. The first-order chi connectivity index (χ1) is 9.31. The average molecular weight is 272 g/mol. The van der Waals surface area contributed by atoms with E-state index < -0.39 is 0 Å². The van der Waals surface area contributed by atoms with Crippen molar-refractivity contribution >= 4 is 0 Å². The Hall–Kier alpha value is -0.120. The molecular formula is C16H36N2O. The van der Waals surface area contributed by atoms with Crippen LogP contribution in [0.25, 0.3) is 0 Å². The summed E-state index contributed by atoms with van der Waals surface area (Å²) in [6.07, 6.45) is 11.1. The van der Waals surface area contributed by atoms with Crippen molar-refractivity contribution in [3.63, 3.8) is 0 Å². The summed E-state index contributed by atoms with van der Waals surface area (Å²) in [5, 5.41) is 6.95. The fourth-order valence-electron chi connectivity index (χ4n) is 2.17. The number of hydrogen-bond acceptors (Lipinski definition) is 3. The molecule has 116 valence electrons. The predicted molar refractivity (Wildman–Crippen MR) is 84.8 cm³/mol. The molecule has 0 fully saturated rings. The SMILES string of the molecule is CCCCCCCCCCNC(C)CNCCOC. The van der Waals surface area contributed by atoms with Crippen molar-refractivity contribution in [1.29, 1.82) is 0 Å². The molecule has 1 unspecified atom stereocenters. The van der Waals surface area contributed by atoms with Gasteiger partial charge in [-0.05, 0) is 19.9 Å². The van der Waals surface area contributed by atoms with Gasteiger partial charge in [0.2, 0.25) is 0 Å². The quantitative estimate of drug-likeness (QED) is 0.449. The van der Waals surface area contributed by atoms with Crippen molar-refractivity contribution in [2.75, 3.05) is 33.4 Å². The van der Waals surface area contributed by atoms with Crippen LogP contribution in [0.2, 0.25) is 0 Å². The molecule has 0 saturated carbocycles. The van der Waals surface area contributed by atoms with E-state index in [0.29, 0.717) is 6.04 Å². The van der Waals surface area contributed by atoms with Gasteiger partial charge in [0, 0.05) is 26.2 Å². The molecule has 0 amide bonds. The van der Waals surface area contributed by atoms with E-state index in [9.17, 15) is 0 Å². The monoisotopic (exact) mass is 272 g/mol. The molecule has 0 bridgehead atoms. The Morgan fingerprint density at radius 1 is 0.895 bits per heavy atom. The molecule has 0 aromatic rings. The second-order valence-electron chi connectivity index (χ2n) is 5.53. The third kappa shape index (κ3) is 15.8. The van der Waals surface area contributed by atoms with Crippen LogP contribution in [0.15, 0.2) is 0 Å². The normalized spacial score (nSPS) is 12.8. The minimum absolute atomic E-state index is 0.557. The summed E-state index contributed by atoms with van der Waals surface area (Å²) >= 11 is 0. The van der Waals surface area contributed by atoms with E-state index in [-0.39, 0.29) is 0 Å². The third-order valence-electron chi connectivity index (χ3n) is 3.46. The van der Waals surface area contributed by atoms with Crippen LogP contribution in [0.3, 0.4) is 0 Å². The highest BCUT2D eigenvalue weighted by atomic mass is 16.5. The van der Waals surface area contributed by atoms with E-state index in [0.717, 1.165) is 26.2 Å². The Kier molecular flexibility index (Phi) is 15.8. The van der Waals surface area contributed by atoms with Crippen LogP contribution in [0.5, 0.6) is 0 Å². The summed E-state index contributed by atoms with van der Waals surface area (Å²) in [4.78, 5) is 0. The Balaban J connectivity index is 3.07. The van der Waals surface area contributed by atoms with E-state index in [1.807, 2.05) is 0 Å². The summed E-state index contributed by atoms with van der Waals surface area (Å²) in [6, 6.07) is 0.557. The van der Waals surface area contributed by atoms with Crippen molar-refractivity contribution in [3.05, 3.63) is 0 Å². The van der Waals surface area contributed by atoms with Crippen LogP contribution < -0.4 is 10.6 Å². The van der Waals surface area contributed by atoms with Crippen molar-refractivity contribution < 1.29 is 4.74 Å². The number of rotatable bonds is 15. The van der Waals surface area contributed by atoms with E-state index >= 15 is 0 Å². The molecular weight excluding hydrogens is 236 g/mol. The fraction of sp³-hybridized carbons (Fsp3) is 1.00. The second kappa shape index (κ2) is 15.9. The average Bonchev–Trinajstić information content (AvgIpc) is 2.42. The summed E-state index contributed by atoms with van der Waals surface area (Å²) in [5.74, 6) is 0. The first kappa shape index (κ1) is 18.9. The van der Waals surface area contributed by atoms with Gasteiger partial charge in [0.25, 0.3) is 0 Å². The van der Waals surface area contributed by atoms with Gasteiger partial charge < -0.3 is 15.4 Å². The Bertz CT molecular complexity index is 165. The molecule has 0 aliphatic heterocycles. The predicted octanol–water partition coefficient (Wildman–Crippen LogP) is 3.34. The van der Waals surface area contributed by atoms with Gasteiger partial charge in [0.1, 0.15) is 0 Å². The molecule has 2 N–H and O–H groups in total. The molecule has 0 aliphatic carbocycles. The second-order valence-corrected chi connectivity index (χ2v) is 5.53. The van der Waals surface area contributed by atoms with Crippen LogP contribution in [0.4, 0.5) is 0 Å². The van der Waals surface area contributed by atoms with E-state index in [1.54, 1.807) is 7.11 Å². The maximum atomic E-state index is 5.00. The number of ether oxygens (including phenoxy) is 1. The molecule has 3 nitrogen and oxygen atoms in total. The topological polar surface area (TPSA) is 33.3 Å². The molecule has 0 aliphatic rings. The zero-order valence-corrected chi connectivity index (χ0v) is 13.5. The highest BCUT2D eigenvalue weighted by Crippen LogP contribution is 2.07. The molecule has 1 atom stereocenters. The van der Waals surface area contributed by atoms with E-state index in [1.165, 1.54) is 51.4 Å². The summed E-state index contributed by atoms with van der Waals surface area (Å²) in [5.41, 5.74) is 0. The molecule has 0 radical (unpaired) electrons. The standard InChI is InChI=1S/C16H36N2O/c1-4-5-6-7-8-9-10-11-12-18-16(2)15-17-13-14-19-3/h16-18H,4-15H2,1-3H3. The summed E-state index contributed by atoms with van der Waals surface area (Å²) in [6.45, 7) is 8.44. The van der Waals surface area contributed by atoms with Crippen LogP contribution in [0, 0.1) is 0 Å². The van der Waals surface area contributed by atoms with Gasteiger partial charge in [0.05, 0.1) is 6.61 Å². The lowest BCUT2D eigenvalue weighted by Gasteiger charge is -2.14. The van der Waals surface area contributed by atoms with Crippen molar-refractivity contribution in [1.82, 2.24) is 10.6 Å². The molecule has 0 saturated heterocycles. The van der Waals surface area contributed by atoms with Crippen LogP contribution in [0.1, 0.15) is 65.2 Å². The zero-order valence-electron chi connectivity index (χ0n) is 13.5. The largest absolute Gasteiger partial charge is 0.383 e. The smallest absolute Gasteiger partial charge is 0.0587 e. The summed E-state index contributed by atoms with van der Waals surface area (Å²) in [7, 11) is 1.74. The lowest BCUT2D eigenvalue weighted by molar-refractivity contribution is 0.198. The Morgan fingerprint density at radius 2 is 1.53 bits per heavy atom. The number of methoxy groups -OCH3 is 1. The molecule has 19 heavy (non-hydrogen) atoms. The van der Waals surface area contributed by atoms with Gasteiger partial charge in [-0.3, -0.25) is 0 Å². The Morgan fingerprint density at radius 3 is 2.16 bits per heavy atom. The molecule has 3 heteroatoms. The van der Waals surface area contributed by atoms with Gasteiger partial charge in [-0.25, -0.2) is 0 Å². The molecule has 0 rings (SSSR count). The van der Waals surface area contributed by atoms with Crippen molar-refractivity contribution in [2.45, 2.75) is 71.3 Å². The lowest BCUT2D eigenvalue weighted by Crippen LogP contribution is -2.37. The zero-order chi connectivity index (χ0) is 14.2. The third-order valence-corrected chi connectivity index (χ3v) is 3.46. The number of hydrogen-bond donors (Lipinski definition) is 2. The van der Waals surface area contributed by atoms with E-state index in [2.05, 4.69) is 24.5 Å². The van der Waals surface area contributed by atoms with Gasteiger partial charge in [0.15, 0.2) is 0 Å². The highest BCUT2D eigenvalue weighted by Gasteiger charge is 1.99. The first-order valence-electron chi connectivity index (χ1n) is 8.24. The van der Waals surface area contributed by atoms with E-state index in [4.69, 9.17) is 4.74 Å². The van der Waals surface area contributed by atoms with Gasteiger partial charge in [-0.1, -0.05) is 51.9 Å². The van der Waals surface area contributed by atoms with Crippen molar-refractivity contribution in [3.8, 4) is 0 Å². The van der Waals surface area contributed by atoms with Gasteiger partial charge in [-0.2, -0.15) is 0 Å². The van der Waals surface area contributed by atoms with Gasteiger partial charge in [-0.15, -0.1) is 0 Å². The van der Waals surface area contributed by atoms with Crippen LogP contribution >= 0.6 is 0 Å². The van der Waals surface area contributed by atoms with Gasteiger partial charge >= 0.3 is 0 Å². The van der Waals surface area contributed by atoms with Crippen molar-refractivity contribution in [2.24, 2.45) is 0 Å². The Labute approximate surface area is 120 Å². The lowest BCUT2D eigenvalue weighted by atomic mass is 10.1. The molecule has 0 heterocycles. The van der Waals surface area contributed by atoms with Crippen LogP contribution in [-0.2, 0) is 4.74 Å². The summed E-state index contributed by atoms with van der Waals surface area (Å²) < 4.78 is 5.00. The highest BCUT2D eigenvalue weighted by molar-refractivity contribution is 4.63. The van der Waals surface area contributed by atoms with Crippen LogP contribution in [-0.4, -0.2) is 39.4 Å². The maximum Gasteiger partial charge on any atom is 0.0587 e. The first-order valence-corrected chi connectivity index (χ1v) is 8.24.